The fraction of sp³-hybridized carbons (Fsp3) is 0.500. The lowest BCUT2D eigenvalue weighted by molar-refractivity contribution is -0.00000526. The molecule has 0 heterocycles. The van der Waals surface area contributed by atoms with Crippen LogP contribution in [0.1, 0.15) is 65.2 Å². The second-order valence-corrected chi connectivity index (χ2v) is 7.21. The van der Waals surface area contributed by atoms with Gasteiger partial charge in [-0.3, -0.25) is 4.48 Å². The summed E-state index contributed by atoms with van der Waals surface area (Å²) >= 11 is 0. The molecule has 0 saturated carbocycles. The minimum absolute atomic E-state index is 0. The monoisotopic (exact) mass is 465 g/mol. The Balaban J connectivity index is 0.00000338. The van der Waals surface area contributed by atoms with Crippen LogP contribution in [0.4, 0.5) is 11.4 Å². The van der Waals surface area contributed by atoms with Crippen LogP contribution in [0.3, 0.4) is 0 Å². The molecule has 0 bridgehead atoms. The number of unbranched alkanes of at least 4 members (excludes halogenated alkanes) is 6. The topological polar surface area (TPSA) is 0 Å². The fourth-order valence-electron chi connectivity index (χ4n) is 3.82. The zero-order chi connectivity index (χ0) is 17.8. The van der Waals surface area contributed by atoms with Crippen molar-refractivity contribution in [3.8, 4) is 0 Å². The first kappa shape index (κ1) is 23.2. The number of quaternary nitrogens is 1. The van der Waals surface area contributed by atoms with Crippen molar-refractivity contribution in [1.29, 1.82) is 0 Å². The molecule has 0 unspecified atom stereocenters. The summed E-state index contributed by atoms with van der Waals surface area (Å²) in [6.45, 7) is 7.00. The van der Waals surface area contributed by atoms with Crippen molar-refractivity contribution in [3.63, 3.8) is 0 Å². The highest BCUT2D eigenvalue weighted by molar-refractivity contribution is 5.58. The van der Waals surface area contributed by atoms with Gasteiger partial charge < -0.3 is 24.0 Å². The molecule has 0 amide bonds. The first-order valence-electron chi connectivity index (χ1n) is 10.3. The number of halogens is 1. The van der Waals surface area contributed by atoms with E-state index in [9.17, 15) is 0 Å². The van der Waals surface area contributed by atoms with Crippen molar-refractivity contribution < 1.29 is 24.0 Å². The summed E-state index contributed by atoms with van der Waals surface area (Å²) in [4.78, 5) is 0. The molecule has 2 heteroatoms. The van der Waals surface area contributed by atoms with Crippen molar-refractivity contribution in [2.45, 2.75) is 65.2 Å². The molecule has 0 aromatic heterocycles. The average Bonchev–Trinajstić information content (AvgIpc) is 2.68. The van der Waals surface area contributed by atoms with Crippen molar-refractivity contribution in [1.82, 2.24) is 4.48 Å². The van der Waals surface area contributed by atoms with E-state index in [1.807, 2.05) is 0 Å². The zero-order valence-electron chi connectivity index (χ0n) is 16.7. The second-order valence-electron chi connectivity index (χ2n) is 7.21. The lowest BCUT2D eigenvalue weighted by Crippen LogP contribution is -3.00. The Morgan fingerprint density at radius 1 is 0.538 bits per heavy atom. The highest BCUT2D eigenvalue weighted by Crippen LogP contribution is 2.36. The smallest absolute Gasteiger partial charge is 0.137 e. The van der Waals surface area contributed by atoms with Crippen LogP contribution in [-0.2, 0) is 0 Å². The molecule has 2 rings (SSSR count). The molecule has 0 aliphatic carbocycles. The average molecular weight is 465 g/mol. The summed E-state index contributed by atoms with van der Waals surface area (Å²) in [5.41, 5.74) is 2.89. The summed E-state index contributed by atoms with van der Waals surface area (Å²) in [5, 5.41) is 0. The molecule has 0 atom stereocenters. The van der Waals surface area contributed by atoms with Gasteiger partial charge in [0.05, 0.1) is 13.1 Å². The Morgan fingerprint density at radius 2 is 0.923 bits per heavy atom. The van der Waals surface area contributed by atoms with Gasteiger partial charge in [-0.25, -0.2) is 0 Å². The first-order valence-corrected chi connectivity index (χ1v) is 10.3. The van der Waals surface area contributed by atoms with Gasteiger partial charge in [-0.2, -0.15) is 0 Å². The van der Waals surface area contributed by atoms with E-state index in [4.69, 9.17) is 0 Å². The predicted octanol–water partition coefficient (Wildman–Crippen LogP) is 4.49. The van der Waals surface area contributed by atoms with E-state index in [2.05, 4.69) is 74.5 Å². The highest BCUT2D eigenvalue weighted by Gasteiger charge is 2.32. The summed E-state index contributed by atoms with van der Waals surface area (Å²) in [7, 11) is 0. The quantitative estimate of drug-likeness (QED) is 0.246. The number of nitrogens with zero attached hydrogens (tertiary/aromatic N) is 1. The van der Waals surface area contributed by atoms with Gasteiger partial charge >= 0.3 is 0 Å². The van der Waals surface area contributed by atoms with E-state index in [-0.39, 0.29) is 24.0 Å². The number of rotatable bonds is 12. The first-order chi connectivity index (χ1) is 12.3. The minimum atomic E-state index is 0. The molecule has 144 valence electrons. The molecule has 0 aliphatic rings. The van der Waals surface area contributed by atoms with Gasteiger partial charge in [0, 0.05) is 0 Å². The number of hydrogen-bond donors (Lipinski definition) is 0. The van der Waals surface area contributed by atoms with E-state index in [0.29, 0.717) is 0 Å². The maximum atomic E-state index is 2.33. The van der Waals surface area contributed by atoms with Gasteiger partial charge in [0.2, 0.25) is 0 Å². The molecule has 2 aromatic rings. The summed E-state index contributed by atoms with van der Waals surface area (Å²) in [5.74, 6) is 0. The lowest BCUT2D eigenvalue weighted by atomic mass is 10.1. The van der Waals surface area contributed by atoms with Crippen molar-refractivity contribution in [3.05, 3.63) is 60.7 Å². The van der Waals surface area contributed by atoms with E-state index in [1.54, 1.807) is 0 Å². The van der Waals surface area contributed by atoms with Crippen LogP contribution < -0.4 is 28.5 Å². The Hall–Kier alpha value is -0.870. The summed E-state index contributed by atoms with van der Waals surface area (Å²) in [6.07, 6.45) is 10.6. The van der Waals surface area contributed by atoms with E-state index in [0.717, 1.165) is 4.48 Å². The van der Waals surface area contributed by atoms with Gasteiger partial charge in [-0.1, -0.05) is 75.9 Å². The molecule has 0 aliphatic heterocycles. The minimum Gasteiger partial charge on any atom is -1.00 e. The SMILES string of the molecule is CCCCCC[N+](CCCCCC)(c1ccccc1)c1ccccc1.[I-]. The number of benzene rings is 2. The van der Waals surface area contributed by atoms with Crippen LogP contribution in [-0.4, -0.2) is 13.1 Å². The fourth-order valence-corrected chi connectivity index (χ4v) is 3.82. The van der Waals surface area contributed by atoms with Gasteiger partial charge in [0.1, 0.15) is 11.4 Å². The van der Waals surface area contributed by atoms with E-state index in [1.165, 1.54) is 75.8 Å². The summed E-state index contributed by atoms with van der Waals surface area (Å²) < 4.78 is 1.01. The van der Waals surface area contributed by atoms with Crippen LogP contribution in [0.2, 0.25) is 0 Å². The highest BCUT2D eigenvalue weighted by atomic mass is 127. The molecular formula is C24H36IN. The van der Waals surface area contributed by atoms with Crippen molar-refractivity contribution in [2.75, 3.05) is 13.1 Å². The van der Waals surface area contributed by atoms with E-state index < -0.39 is 0 Å². The normalized spacial score (nSPS) is 11.2. The molecular weight excluding hydrogens is 429 g/mol. The molecule has 2 aromatic carbocycles. The third kappa shape index (κ3) is 6.70. The van der Waals surface area contributed by atoms with Gasteiger partial charge in [-0.15, -0.1) is 0 Å². The maximum Gasteiger partial charge on any atom is 0.137 e. The zero-order valence-corrected chi connectivity index (χ0v) is 18.8. The Kier molecular flexibility index (Phi) is 11.9. The molecule has 0 N–H and O–H groups in total. The van der Waals surface area contributed by atoms with Crippen molar-refractivity contribution >= 4 is 11.4 Å². The number of hydrogen-bond acceptors (Lipinski definition) is 0. The largest absolute Gasteiger partial charge is 1.00 e. The predicted molar refractivity (Wildman–Crippen MR) is 112 cm³/mol. The Labute approximate surface area is 178 Å². The van der Waals surface area contributed by atoms with Crippen LogP contribution in [0.5, 0.6) is 0 Å². The molecule has 1 nitrogen and oxygen atoms in total. The van der Waals surface area contributed by atoms with Crippen LogP contribution in [0.25, 0.3) is 0 Å². The van der Waals surface area contributed by atoms with Crippen LogP contribution in [0.15, 0.2) is 60.7 Å². The van der Waals surface area contributed by atoms with Gasteiger partial charge in [0.15, 0.2) is 0 Å². The van der Waals surface area contributed by atoms with E-state index >= 15 is 0 Å². The molecule has 0 fully saturated rings. The maximum absolute atomic E-state index is 2.33. The number of para-hydroxylation sites is 2. The molecule has 0 spiro atoms. The standard InChI is InChI=1S/C24H36N.HI/c1-3-5-7-15-21-25(22-16-8-6-4-2,23-17-11-9-12-18-23)24-19-13-10-14-20-24;/h9-14,17-20H,3-8,15-16,21-22H2,1-2H3;1H/q+1;/p-1. The molecule has 0 saturated heterocycles. The summed E-state index contributed by atoms with van der Waals surface area (Å²) in [6, 6.07) is 22.4. The Bertz CT molecular complexity index is 514. The van der Waals surface area contributed by atoms with Gasteiger partial charge in [0.25, 0.3) is 0 Å². The van der Waals surface area contributed by atoms with Gasteiger partial charge in [-0.05, 0) is 49.9 Å². The molecule has 26 heavy (non-hydrogen) atoms. The van der Waals surface area contributed by atoms with Crippen LogP contribution >= 0.6 is 0 Å². The molecule has 0 radical (unpaired) electrons. The third-order valence-electron chi connectivity index (χ3n) is 5.29. The second kappa shape index (κ2) is 13.3. The Morgan fingerprint density at radius 3 is 1.27 bits per heavy atom. The van der Waals surface area contributed by atoms with Crippen LogP contribution in [0, 0.1) is 0 Å². The van der Waals surface area contributed by atoms with Crippen molar-refractivity contribution in [2.24, 2.45) is 0 Å². The lowest BCUT2D eigenvalue weighted by Gasteiger charge is -2.38. The third-order valence-corrected chi connectivity index (χ3v) is 5.29.